The highest BCUT2D eigenvalue weighted by atomic mass is 32.2. The van der Waals surface area contributed by atoms with Crippen molar-refractivity contribution in [2.24, 2.45) is 11.7 Å². The van der Waals surface area contributed by atoms with Crippen LogP contribution < -0.4 is 5.73 Å². The minimum absolute atomic E-state index is 0.405. The number of carbonyl (C=O) groups is 1. The Morgan fingerprint density at radius 1 is 1.04 bits per heavy atom. The van der Waals surface area contributed by atoms with Gasteiger partial charge in [-0.2, -0.15) is 0 Å². The average Bonchev–Trinajstić information content (AvgIpc) is 2.71. The highest BCUT2D eigenvalue weighted by Crippen LogP contribution is 2.31. The fourth-order valence-corrected chi connectivity index (χ4v) is 5.78. The van der Waals surface area contributed by atoms with Gasteiger partial charge in [-0.25, -0.2) is 8.51 Å². The number of primary amides is 1. The third-order valence-corrected chi connectivity index (χ3v) is 7.51. The molecular weight excluding hydrogens is 372 g/mol. The third-order valence-electron chi connectivity index (χ3n) is 5.39. The van der Waals surface area contributed by atoms with Crippen LogP contribution in [0.2, 0.25) is 0 Å². The van der Waals surface area contributed by atoms with Crippen molar-refractivity contribution >= 4 is 16.9 Å². The zero-order valence-corrected chi connectivity index (χ0v) is 20.0. The lowest BCUT2D eigenvalue weighted by atomic mass is 9.96. The molecule has 28 heavy (non-hydrogen) atoms. The maximum atomic E-state index is 13.2. The second-order valence-electron chi connectivity index (χ2n) is 7.62. The number of amides is 1. The molecule has 0 radical (unpaired) electrons. The molecule has 0 aromatic heterocycles. The van der Waals surface area contributed by atoms with E-state index in [-0.39, 0.29) is 0 Å². The lowest BCUT2D eigenvalue weighted by Gasteiger charge is -2.38. The molecule has 1 amide bonds. The van der Waals surface area contributed by atoms with Gasteiger partial charge in [-0.1, -0.05) is 66.7 Å². The van der Waals surface area contributed by atoms with Crippen molar-refractivity contribution in [1.82, 2.24) is 4.31 Å². The predicted octanol–water partition coefficient (Wildman–Crippen LogP) is 4.81. The molecule has 5 nitrogen and oxygen atoms in total. The van der Waals surface area contributed by atoms with E-state index in [2.05, 4.69) is 6.92 Å². The Kier molecular flexibility index (Phi) is 16.1. The first-order valence-corrected chi connectivity index (χ1v) is 12.7. The zero-order chi connectivity index (χ0) is 21.4. The van der Waals surface area contributed by atoms with Gasteiger partial charge in [0.15, 0.2) is 0 Å². The Morgan fingerprint density at radius 3 is 2.07 bits per heavy atom. The van der Waals surface area contributed by atoms with Gasteiger partial charge in [0.1, 0.15) is 15.7 Å². The number of hydrogen-bond donors (Lipinski definition) is 1. The number of nitrogens with zero attached hydrogens (tertiary/aromatic N) is 1. The quantitative estimate of drug-likeness (QED) is 0.411. The van der Waals surface area contributed by atoms with Crippen LogP contribution in [0.15, 0.2) is 0 Å². The summed E-state index contributed by atoms with van der Waals surface area (Å²) < 4.78 is 20.1. The molecule has 0 aliphatic carbocycles. The molecule has 1 saturated heterocycles. The maximum Gasteiger partial charge on any atom is 0.237 e. The zero-order valence-electron chi connectivity index (χ0n) is 19.1. The smallest absolute Gasteiger partial charge is 0.237 e. The van der Waals surface area contributed by atoms with E-state index in [1.807, 2.05) is 32.0 Å². The summed E-state index contributed by atoms with van der Waals surface area (Å²) in [4.78, 5) is 12.2. The molecule has 2 N–H and O–H groups in total. The minimum Gasteiger partial charge on any atom is -0.381 e. The van der Waals surface area contributed by atoms with Crippen molar-refractivity contribution in [3.63, 3.8) is 0 Å². The van der Waals surface area contributed by atoms with Crippen molar-refractivity contribution < 1.29 is 13.7 Å². The van der Waals surface area contributed by atoms with E-state index < -0.39 is 21.6 Å². The van der Waals surface area contributed by atoms with Crippen LogP contribution in [0.4, 0.5) is 0 Å². The molecule has 0 bridgehead atoms. The maximum absolute atomic E-state index is 13.2. The molecule has 1 aliphatic heterocycles. The summed E-state index contributed by atoms with van der Waals surface area (Å²) in [6.07, 6.45) is 9.72. The van der Waals surface area contributed by atoms with Crippen LogP contribution in [0, 0.1) is 5.92 Å². The molecule has 0 aromatic carbocycles. The summed E-state index contributed by atoms with van der Waals surface area (Å²) in [6.45, 7) is 13.4. The van der Waals surface area contributed by atoms with Gasteiger partial charge in [0.05, 0.1) is 0 Å². The summed E-state index contributed by atoms with van der Waals surface area (Å²) in [5.74, 6) is 0.131. The van der Waals surface area contributed by atoms with Gasteiger partial charge in [0.25, 0.3) is 0 Å². The van der Waals surface area contributed by atoms with E-state index in [1.165, 1.54) is 19.3 Å². The highest BCUT2D eigenvalue weighted by molar-refractivity contribution is 7.85. The van der Waals surface area contributed by atoms with Gasteiger partial charge < -0.3 is 10.5 Å². The summed E-state index contributed by atoms with van der Waals surface area (Å²) in [5.41, 5.74) is 5.72. The largest absolute Gasteiger partial charge is 0.381 e. The lowest BCUT2D eigenvalue weighted by molar-refractivity contribution is -0.120. The Hall–Kier alpha value is -0.460. The number of unbranched alkanes of at least 4 members (excludes halogenated alkanes) is 3. The SMILES string of the molecule is CC.CCCCCCOCC1CCN(S(=O)C(CCC)(CCC)C(N)=O)CC1. The molecule has 0 spiro atoms. The van der Waals surface area contributed by atoms with E-state index in [1.54, 1.807) is 0 Å². The highest BCUT2D eigenvalue weighted by Gasteiger charge is 2.44. The third kappa shape index (κ3) is 8.91. The first kappa shape index (κ1) is 27.5. The second-order valence-corrected chi connectivity index (χ2v) is 9.41. The topological polar surface area (TPSA) is 72.6 Å². The van der Waals surface area contributed by atoms with E-state index in [4.69, 9.17) is 10.5 Å². The van der Waals surface area contributed by atoms with Gasteiger partial charge in [0.2, 0.25) is 5.91 Å². The molecular formula is C22H46N2O3S. The first-order valence-electron chi connectivity index (χ1n) is 11.6. The summed E-state index contributed by atoms with van der Waals surface area (Å²) in [5, 5.41) is 0. The van der Waals surface area contributed by atoms with E-state index in [9.17, 15) is 9.00 Å². The van der Waals surface area contributed by atoms with Crippen LogP contribution in [-0.2, 0) is 20.5 Å². The van der Waals surface area contributed by atoms with Crippen LogP contribution >= 0.6 is 0 Å². The van der Waals surface area contributed by atoms with Crippen LogP contribution in [-0.4, -0.2) is 45.5 Å². The van der Waals surface area contributed by atoms with Crippen molar-refractivity contribution in [1.29, 1.82) is 0 Å². The van der Waals surface area contributed by atoms with Gasteiger partial charge in [0, 0.05) is 26.3 Å². The molecule has 0 saturated carbocycles. The summed E-state index contributed by atoms with van der Waals surface area (Å²) >= 11 is 0. The Morgan fingerprint density at radius 2 is 1.61 bits per heavy atom. The van der Waals surface area contributed by atoms with Gasteiger partial charge in [-0.15, -0.1) is 0 Å². The molecule has 1 unspecified atom stereocenters. The van der Waals surface area contributed by atoms with Crippen LogP contribution in [0.5, 0.6) is 0 Å². The predicted molar refractivity (Wildman–Crippen MR) is 120 cm³/mol. The van der Waals surface area contributed by atoms with Crippen molar-refractivity contribution in [2.75, 3.05) is 26.3 Å². The number of hydrogen-bond acceptors (Lipinski definition) is 3. The Labute approximate surface area is 176 Å². The molecule has 1 aliphatic rings. The van der Waals surface area contributed by atoms with Crippen LogP contribution in [0.1, 0.15) is 98.8 Å². The molecule has 6 heteroatoms. The minimum atomic E-state index is -1.34. The summed E-state index contributed by atoms with van der Waals surface area (Å²) in [6, 6.07) is 0. The van der Waals surface area contributed by atoms with Crippen LogP contribution in [0.3, 0.4) is 0 Å². The normalized spacial score (nSPS) is 17.0. The monoisotopic (exact) mass is 418 g/mol. The molecule has 1 fully saturated rings. The van der Waals surface area contributed by atoms with Crippen molar-refractivity contribution in [3.8, 4) is 0 Å². The van der Waals surface area contributed by atoms with Gasteiger partial charge >= 0.3 is 0 Å². The molecule has 0 aromatic rings. The lowest BCUT2D eigenvalue weighted by Crippen LogP contribution is -2.54. The van der Waals surface area contributed by atoms with E-state index in [0.29, 0.717) is 18.8 Å². The Balaban J connectivity index is 0.00000352. The van der Waals surface area contributed by atoms with E-state index >= 15 is 0 Å². The number of nitrogens with two attached hydrogens (primary N) is 1. The fourth-order valence-electron chi connectivity index (χ4n) is 3.81. The van der Waals surface area contributed by atoms with E-state index in [0.717, 1.165) is 58.4 Å². The van der Waals surface area contributed by atoms with Gasteiger partial charge in [-0.05, 0) is 38.0 Å². The van der Waals surface area contributed by atoms with Gasteiger partial charge in [-0.3, -0.25) is 4.79 Å². The first-order chi connectivity index (χ1) is 13.5. The molecule has 1 heterocycles. The molecule has 1 atom stereocenters. The molecule has 1 rings (SSSR count). The number of piperidine rings is 1. The summed E-state index contributed by atoms with van der Waals surface area (Å²) in [7, 11) is -1.34. The van der Waals surface area contributed by atoms with Crippen molar-refractivity contribution in [2.45, 2.75) is 104 Å². The Bertz CT molecular complexity index is 418. The van der Waals surface area contributed by atoms with Crippen molar-refractivity contribution in [3.05, 3.63) is 0 Å². The second kappa shape index (κ2) is 16.3. The average molecular weight is 419 g/mol. The fraction of sp³-hybridized carbons (Fsp3) is 0.955. The number of ether oxygens (including phenoxy) is 1. The van der Waals surface area contributed by atoms with Crippen LogP contribution in [0.25, 0.3) is 0 Å². The standard InChI is InChI=1S/C20H40N2O3S.C2H6/c1-4-7-8-9-16-25-17-18-10-14-22(15-11-18)26(24)20(12-5-2,13-6-3)19(21)23;1-2/h18H,4-17H2,1-3H3,(H2,21,23);1-2H3. The molecule has 168 valence electrons. The number of carbonyl (C=O) groups excluding carboxylic acids is 1. The number of rotatable bonds is 14.